The number of carbonyl (C=O) groups is 1. The van der Waals surface area contributed by atoms with Crippen molar-refractivity contribution in [3.8, 4) is 0 Å². The number of esters is 1. The van der Waals surface area contributed by atoms with E-state index in [0.717, 1.165) is 0 Å². The van der Waals surface area contributed by atoms with E-state index in [2.05, 4.69) is 10.3 Å². The Hall–Kier alpha value is -1.06. The molecular weight excluding hydrogens is 144 g/mol. The first-order valence-electron chi connectivity index (χ1n) is 3.63. The zero-order valence-corrected chi connectivity index (χ0v) is 6.76. The van der Waals surface area contributed by atoms with Crippen LogP contribution in [0.2, 0.25) is 0 Å². The lowest BCUT2D eigenvalue weighted by Gasteiger charge is -2.16. The number of nitrogens with one attached hydrogen (secondary N) is 1. The molecular formula is C7H12N2O2. The van der Waals surface area contributed by atoms with Crippen molar-refractivity contribution in [1.29, 1.82) is 0 Å². The lowest BCUT2D eigenvalue weighted by atomic mass is 10.1. The Bertz CT molecular complexity index is 191. The number of hydrogen-bond acceptors (Lipinski definition) is 4. The topological polar surface area (TPSA) is 50.7 Å². The van der Waals surface area contributed by atoms with E-state index in [9.17, 15) is 4.79 Å². The van der Waals surface area contributed by atoms with Gasteiger partial charge in [-0.15, -0.1) is 0 Å². The predicted molar refractivity (Wildman–Crippen MR) is 41.5 cm³/mol. The first-order valence-corrected chi connectivity index (χ1v) is 3.63. The zero-order valence-electron chi connectivity index (χ0n) is 6.76. The lowest BCUT2D eigenvalue weighted by Crippen LogP contribution is -2.39. The quantitative estimate of drug-likeness (QED) is 0.570. The van der Waals surface area contributed by atoms with Crippen LogP contribution in [0.25, 0.3) is 0 Å². The molecule has 0 bridgehead atoms. The van der Waals surface area contributed by atoms with Crippen LogP contribution in [0.5, 0.6) is 0 Å². The third kappa shape index (κ3) is 1.50. The van der Waals surface area contributed by atoms with Crippen LogP contribution in [0.4, 0.5) is 0 Å². The van der Waals surface area contributed by atoms with Gasteiger partial charge in [-0.1, -0.05) is 0 Å². The normalized spacial score (nSPS) is 28.2. The molecule has 1 aliphatic rings. The van der Waals surface area contributed by atoms with Crippen LogP contribution in [0.3, 0.4) is 0 Å². The van der Waals surface area contributed by atoms with E-state index in [0.29, 0.717) is 13.2 Å². The minimum Gasteiger partial charge on any atom is -0.464 e. The first-order chi connectivity index (χ1) is 5.19. The molecule has 0 saturated carbocycles. The Morgan fingerprint density at radius 1 is 1.91 bits per heavy atom. The SMILES string of the molecule is CCOC(=O)C1(C)CNC=N1. The molecule has 0 aromatic rings. The molecule has 0 spiro atoms. The second-order valence-corrected chi connectivity index (χ2v) is 2.63. The Morgan fingerprint density at radius 3 is 3.09 bits per heavy atom. The van der Waals surface area contributed by atoms with Crippen molar-refractivity contribution in [1.82, 2.24) is 5.32 Å². The van der Waals surface area contributed by atoms with Gasteiger partial charge < -0.3 is 10.1 Å². The van der Waals surface area contributed by atoms with Gasteiger partial charge in [0, 0.05) is 0 Å². The maximum Gasteiger partial charge on any atom is 0.335 e. The summed E-state index contributed by atoms with van der Waals surface area (Å²) in [5, 5.41) is 2.86. The van der Waals surface area contributed by atoms with Crippen LogP contribution < -0.4 is 5.32 Å². The maximum absolute atomic E-state index is 11.2. The summed E-state index contributed by atoms with van der Waals surface area (Å²) in [6, 6.07) is 0. The Morgan fingerprint density at radius 2 is 2.64 bits per heavy atom. The molecule has 1 unspecified atom stereocenters. The number of aliphatic imine (C=N–C) groups is 1. The van der Waals surface area contributed by atoms with Gasteiger partial charge in [0.1, 0.15) is 0 Å². The van der Waals surface area contributed by atoms with Gasteiger partial charge in [0.15, 0.2) is 5.54 Å². The highest BCUT2D eigenvalue weighted by Gasteiger charge is 2.35. The van der Waals surface area contributed by atoms with Gasteiger partial charge in [0.25, 0.3) is 0 Å². The summed E-state index contributed by atoms with van der Waals surface area (Å²) in [6.07, 6.45) is 1.54. The van der Waals surface area contributed by atoms with Gasteiger partial charge in [0.05, 0.1) is 19.5 Å². The summed E-state index contributed by atoms with van der Waals surface area (Å²) in [5.41, 5.74) is -0.698. The molecule has 1 aliphatic heterocycles. The number of carbonyl (C=O) groups excluding carboxylic acids is 1. The van der Waals surface area contributed by atoms with Crippen LogP contribution >= 0.6 is 0 Å². The van der Waals surface area contributed by atoms with Crippen LogP contribution in [0.15, 0.2) is 4.99 Å². The third-order valence-corrected chi connectivity index (χ3v) is 1.60. The molecule has 4 nitrogen and oxygen atoms in total. The van der Waals surface area contributed by atoms with Crippen LogP contribution in [-0.4, -0.2) is 31.0 Å². The van der Waals surface area contributed by atoms with Crippen molar-refractivity contribution in [2.75, 3.05) is 13.2 Å². The van der Waals surface area contributed by atoms with Gasteiger partial charge in [-0.25, -0.2) is 4.79 Å². The standard InChI is InChI=1S/C7H12N2O2/c1-3-11-6(10)7(2)4-8-5-9-7/h5H,3-4H2,1-2H3,(H,8,9). The van der Waals surface area contributed by atoms with E-state index >= 15 is 0 Å². The fourth-order valence-corrected chi connectivity index (χ4v) is 0.890. The lowest BCUT2D eigenvalue weighted by molar-refractivity contribution is -0.148. The first kappa shape index (κ1) is 8.04. The van der Waals surface area contributed by atoms with Gasteiger partial charge in [-0.2, -0.15) is 0 Å². The van der Waals surface area contributed by atoms with E-state index in [1.807, 2.05) is 0 Å². The molecule has 11 heavy (non-hydrogen) atoms. The van der Waals surface area contributed by atoms with Crippen LogP contribution in [0.1, 0.15) is 13.8 Å². The van der Waals surface area contributed by atoms with Gasteiger partial charge >= 0.3 is 5.97 Å². The Balaban J connectivity index is 2.57. The molecule has 1 rings (SSSR count). The fraction of sp³-hybridized carbons (Fsp3) is 0.714. The van der Waals surface area contributed by atoms with Gasteiger partial charge in [-0.05, 0) is 13.8 Å². The highest BCUT2D eigenvalue weighted by molar-refractivity contribution is 5.84. The second-order valence-electron chi connectivity index (χ2n) is 2.63. The van der Waals surface area contributed by atoms with Crippen molar-refractivity contribution in [2.24, 2.45) is 4.99 Å². The average Bonchev–Trinajstić information content (AvgIpc) is 2.38. The van der Waals surface area contributed by atoms with Gasteiger partial charge in [-0.3, -0.25) is 4.99 Å². The van der Waals surface area contributed by atoms with Gasteiger partial charge in [0.2, 0.25) is 0 Å². The minimum absolute atomic E-state index is 0.263. The highest BCUT2D eigenvalue weighted by atomic mass is 16.5. The van der Waals surface area contributed by atoms with E-state index in [-0.39, 0.29) is 5.97 Å². The number of rotatable bonds is 2. The van der Waals surface area contributed by atoms with E-state index in [1.54, 1.807) is 13.8 Å². The molecule has 0 aliphatic carbocycles. The molecule has 0 radical (unpaired) electrons. The van der Waals surface area contributed by atoms with E-state index < -0.39 is 5.54 Å². The Labute approximate surface area is 65.6 Å². The summed E-state index contributed by atoms with van der Waals surface area (Å²) in [7, 11) is 0. The van der Waals surface area contributed by atoms with E-state index in [4.69, 9.17) is 4.74 Å². The minimum atomic E-state index is -0.698. The fourth-order valence-electron chi connectivity index (χ4n) is 0.890. The molecule has 0 aromatic heterocycles. The summed E-state index contributed by atoms with van der Waals surface area (Å²) in [5.74, 6) is -0.263. The van der Waals surface area contributed by atoms with Crippen molar-refractivity contribution < 1.29 is 9.53 Å². The molecule has 4 heteroatoms. The zero-order chi connectivity index (χ0) is 8.32. The predicted octanol–water partition coefficient (Wildman–Crippen LogP) is -0.0603. The van der Waals surface area contributed by atoms with Crippen molar-refractivity contribution in [3.63, 3.8) is 0 Å². The molecule has 0 amide bonds. The molecule has 1 N–H and O–H groups in total. The summed E-state index contributed by atoms with van der Waals surface area (Å²) >= 11 is 0. The van der Waals surface area contributed by atoms with E-state index in [1.165, 1.54) is 6.34 Å². The van der Waals surface area contributed by atoms with Crippen molar-refractivity contribution >= 4 is 12.3 Å². The second kappa shape index (κ2) is 2.90. The maximum atomic E-state index is 11.2. The summed E-state index contributed by atoms with van der Waals surface area (Å²) < 4.78 is 4.84. The third-order valence-electron chi connectivity index (χ3n) is 1.60. The summed E-state index contributed by atoms with van der Waals surface area (Å²) in [4.78, 5) is 15.2. The highest BCUT2D eigenvalue weighted by Crippen LogP contribution is 2.13. The molecule has 0 aromatic carbocycles. The molecule has 0 saturated heterocycles. The van der Waals surface area contributed by atoms with Crippen molar-refractivity contribution in [3.05, 3.63) is 0 Å². The Kier molecular flexibility index (Phi) is 2.12. The van der Waals surface area contributed by atoms with Crippen LogP contribution in [-0.2, 0) is 9.53 Å². The molecule has 62 valence electrons. The number of ether oxygens (including phenoxy) is 1. The molecule has 0 fully saturated rings. The number of nitrogens with zero attached hydrogens (tertiary/aromatic N) is 1. The smallest absolute Gasteiger partial charge is 0.335 e. The number of hydrogen-bond donors (Lipinski definition) is 1. The van der Waals surface area contributed by atoms with Crippen LogP contribution in [0, 0.1) is 0 Å². The largest absolute Gasteiger partial charge is 0.464 e. The monoisotopic (exact) mass is 156 g/mol. The summed E-state index contributed by atoms with van der Waals surface area (Å²) in [6.45, 7) is 4.48. The van der Waals surface area contributed by atoms with Crippen molar-refractivity contribution in [2.45, 2.75) is 19.4 Å². The average molecular weight is 156 g/mol. The molecule has 1 heterocycles. The molecule has 1 atom stereocenters.